The summed E-state index contributed by atoms with van der Waals surface area (Å²) in [6.07, 6.45) is 5.55. The Morgan fingerprint density at radius 2 is 0.718 bits per heavy atom. The summed E-state index contributed by atoms with van der Waals surface area (Å²) in [7, 11) is 0. The van der Waals surface area contributed by atoms with E-state index in [-0.39, 0.29) is 50.0 Å². The first-order valence-electron chi connectivity index (χ1n) is 11.9. The lowest BCUT2D eigenvalue weighted by atomic mass is 10.1. The van der Waals surface area contributed by atoms with Gasteiger partial charge >= 0.3 is 35.8 Å². The van der Waals surface area contributed by atoms with E-state index in [0.717, 1.165) is 25.3 Å². The Hall–Kier alpha value is -4.04. The zero-order chi connectivity index (χ0) is 30.6. The monoisotopic (exact) mass is 562 g/mol. The summed E-state index contributed by atoms with van der Waals surface area (Å²) < 4.78 is 0. The largest absolute Gasteiger partial charge is 0.481 e. The number of carboxylic acid groups (broad SMARTS) is 6. The standard InChI is InChI=1S/C9H16O4.C8H6O4.C6H10O4.C2H6O2/c10-8(11)6-4-2-1-3-5-7-9(12)13;9-7(10)5-2-1-3-6(4-5)8(11)12;7-5(8)3-1-2-4-6(9)10;3-1-2-4/h1-7H2,(H,10,11)(H,12,13);1-4H,(H,9,10)(H,11,12);1-4H2,(H,7,8)(H,9,10);3-4H,1-2H2. The lowest BCUT2D eigenvalue weighted by Crippen LogP contribution is -2.01. The van der Waals surface area contributed by atoms with Crippen LogP contribution in [-0.4, -0.2) is 89.9 Å². The first-order chi connectivity index (χ1) is 18.3. The zero-order valence-corrected chi connectivity index (χ0v) is 21.5. The topological polar surface area (TPSA) is 264 Å². The molecule has 0 aromatic heterocycles. The normalized spacial score (nSPS) is 9.28. The van der Waals surface area contributed by atoms with Gasteiger partial charge in [0.15, 0.2) is 0 Å². The molecule has 1 aromatic rings. The van der Waals surface area contributed by atoms with Gasteiger partial charge in [0.25, 0.3) is 0 Å². The van der Waals surface area contributed by atoms with E-state index in [2.05, 4.69) is 0 Å². The lowest BCUT2D eigenvalue weighted by Gasteiger charge is -1.97. The minimum absolute atomic E-state index is 0.0186. The van der Waals surface area contributed by atoms with E-state index in [4.69, 9.17) is 40.9 Å². The number of aliphatic carboxylic acids is 4. The Labute approximate surface area is 225 Å². The zero-order valence-electron chi connectivity index (χ0n) is 21.5. The van der Waals surface area contributed by atoms with Crippen molar-refractivity contribution >= 4 is 35.8 Å². The Balaban J connectivity index is -0.000000469. The average molecular weight is 563 g/mol. The molecule has 14 nitrogen and oxygen atoms in total. The highest BCUT2D eigenvalue weighted by molar-refractivity contribution is 5.93. The maximum atomic E-state index is 10.4. The van der Waals surface area contributed by atoms with Crippen molar-refractivity contribution in [2.24, 2.45) is 0 Å². The maximum Gasteiger partial charge on any atom is 0.335 e. The minimum Gasteiger partial charge on any atom is -0.481 e. The van der Waals surface area contributed by atoms with E-state index < -0.39 is 35.8 Å². The molecule has 1 aromatic carbocycles. The molecule has 0 fully saturated rings. The summed E-state index contributed by atoms with van der Waals surface area (Å²) in [4.78, 5) is 60.8. The Bertz CT molecular complexity index is 801. The molecule has 1 rings (SSSR count). The van der Waals surface area contributed by atoms with Gasteiger partial charge in [-0.1, -0.05) is 25.3 Å². The molecule has 0 aliphatic carbocycles. The molecule has 0 radical (unpaired) electrons. The third kappa shape index (κ3) is 34.0. The van der Waals surface area contributed by atoms with E-state index in [1.807, 2.05) is 0 Å². The highest BCUT2D eigenvalue weighted by atomic mass is 16.4. The van der Waals surface area contributed by atoms with Gasteiger partial charge in [-0.3, -0.25) is 19.2 Å². The van der Waals surface area contributed by atoms with Crippen LogP contribution in [0.1, 0.15) is 91.3 Å². The number of benzene rings is 1. The molecule has 0 bridgehead atoms. The van der Waals surface area contributed by atoms with Crippen LogP contribution >= 0.6 is 0 Å². The van der Waals surface area contributed by atoms with E-state index in [1.54, 1.807) is 0 Å². The number of hydrogen-bond donors (Lipinski definition) is 8. The second kappa shape index (κ2) is 27.0. The van der Waals surface area contributed by atoms with Gasteiger partial charge in [0.1, 0.15) is 0 Å². The van der Waals surface area contributed by atoms with E-state index >= 15 is 0 Å². The van der Waals surface area contributed by atoms with Crippen LogP contribution in [0.3, 0.4) is 0 Å². The highest BCUT2D eigenvalue weighted by Gasteiger charge is 2.06. The van der Waals surface area contributed by atoms with Crippen molar-refractivity contribution in [3.63, 3.8) is 0 Å². The Morgan fingerprint density at radius 1 is 0.462 bits per heavy atom. The summed E-state index contributed by atoms with van der Waals surface area (Å²) in [6.45, 7) is -0.250. The number of carboxylic acids is 6. The first kappa shape index (κ1) is 39.5. The molecule has 0 spiro atoms. The highest BCUT2D eigenvalue weighted by Crippen LogP contribution is 2.07. The van der Waals surface area contributed by atoms with Crippen LogP contribution in [0.25, 0.3) is 0 Å². The van der Waals surface area contributed by atoms with Crippen molar-refractivity contribution in [3.05, 3.63) is 35.4 Å². The molecule has 0 saturated heterocycles. The fraction of sp³-hybridized carbons (Fsp3) is 0.520. The van der Waals surface area contributed by atoms with Crippen LogP contribution in [0.4, 0.5) is 0 Å². The number of rotatable bonds is 16. The molecular formula is C25H38O14. The molecule has 0 saturated carbocycles. The van der Waals surface area contributed by atoms with Crippen LogP contribution in [0.15, 0.2) is 24.3 Å². The number of aliphatic hydroxyl groups excluding tert-OH is 2. The predicted molar refractivity (Wildman–Crippen MR) is 136 cm³/mol. The summed E-state index contributed by atoms with van der Waals surface area (Å²) in [6, 6.07) is 5.20. The van der Waals surface area contributed by atoms with Gasteiger partial charge in [0.05, 0.1) is 24.3 Å². The molecule has 0 amide bonds. The lowest BCUT2D eigenvalue weighted by molar-refractivity contribution is -0.139. The van der Waals surface area contributed by atoms with E-state index in [9.17, 15) is 28.8 Å². The summed E-state index contributed by atoms with van der Waals surface area (Å²) in [5, 5.41) is 65.1. The second-order valence-corrected chi connectivity index (χ2v) is 7.69. The van der Waals surface area contributed by atoms with Crippen molar-refractivity contribution in [1.29, 1.82) is 0 Å². The van der Waals surface area contributed by atoms with Crippen molar-refractivity contribution < 1.29 is 69.6 Å². The number of aliphatic hydroxyl groups is 2. The van der Waals surface area contributed by atoms with Crippen LogP contribution in [-0.2, 0) is 19.2 Å². The van der Waals surface area contributed by atoms with Gasteiger partial charge in [-0.2, -0.15) is 0 Å². The number of carbonyl (C=O) groups is 6. The van der Waals surface area contributed by atoms with Gasteiger partial charge in [0.2, 0.25) is 0 Å². The molecule has 0 unspecified atom stereocenters. The van der Waals surface area contributed by atoms with Crippen LogP contribution in [0.5, 0.6) is 0 Å². The molecule has 14 heteroatoms. The summed E-state index contributed by atoms with van der Waals surface area (Å²) in [5.74, 6) is -5.51. The van der Waals surface area contributed by atoms with Crippen molar-refractivity contribution in [2.75, 3.05) is 13.2 Å². The van der Waals surface area contributed by atoms with Gasteiger partial charge in [-0.15, -0.1) is 0 Å². The Kier molecular flexibility index (Phi) is 27.3. The SMILES string of the molecule is O=C(O)CCCCC(=O)O.O=C(O)CCCCCCCC(=O)O.O=C(O)c1cccc(C(=O)O)c1.OCCO. The third-order valence-corrected chi connectivity index (χ3v) is 4.27. The maximum absolute atomic E-state index is 10.4. The van der Waals surface area contributed by atoms with E-state index in [0.29, 0.717) is 25.7 Å². The smallest absolute Gasteiger partial charge is 0.335 e. The molecule has 0 atom stereocenters. The first-order valence-corrected chi connectivity index (χ1v) is 11.9. The second-order valence-electron chi connectivity index (χ2n) is 7.69. The summed E-state index contributed by atoms with van der Waals surface area (Å²) >= 11 is 0. The van der Waals surface area contributed by atoms with Crippen LogP contribution in [0, 0.1) is 0 Å². The Morgan fingerprint density at radius 3 is 0.949 bits per heavy atom. The molecular weight excluding hydrogens is 524 g/mol. The molecule has 8 N–H and O–H groups in total. The predicted octanol–water partition coefficient (Wildman–Crippen LogP) is 2.66. The minimum atomic E-state index is -1.13. The quantitative estimate of drug-likeness (QED) is 0.135. The van der Waals surface area contributed by atoms with Gasteiger partial charge in [0, 0.05) is 25.7 Å². The number of hydrogen-bond acceptors (Lipinski definition) is 8. The molecule has 0 aliphatic heterocycles. The van der Waals surface area contributed by atoms with Gasteiger partial charge in [-0.05, 0) is 43.9 Å². The van der Waals surface area contributed by atoms with Gasteiger partial charge < -0.3 is 40.9 Å². The third-order valence-electron chi connectivity index (χ3n) is 4.27. The molecule has 39 heavy (non-hydrogen) atoms. The average Bonchev–Trinajstić information content (AvgIpc) is 2.86. The van der Waals surface area contributed by atoms with Gasteiger partial charge in [-0.25, -0.2) is 9.59 Å². The van der Waals surface area contributed by atoms with Crippen LogP contribution < -0.4 is 0 Å². The molecule has 0 heterocycles. The van der Waals surface area contributed by atoms with Crippen molar-refractivity contribution in [3.8, 4) is 0 Å². The number of aromatic carboxylic acids is 2. The van der Waals surface area contributed by atoms with Crippen molar-refractivity contribution in [2.45, 2.75) is 70.6 Å². The molecule has 0 aliphatic rings. The fourth-order valence-electron chi connectivity index (χ4n) is 2.42. The van der Waals surface area contributed by atoms with Crippen molar-refractivity contribution in [1.82, 2.24) is 0 Å². The number of unbranched alkanes of at least 4 members (excludes halogenated alkanes) is 5. The summed E-state index contributed by atoms with van der Waals surface area (Å²) in [5.41, 5.74) is -0.0372. The molecule has 222 valence electrons. The fourth-order valence-corrected chi connectivity index (χ4v) is 2.42. The van der Waals surface area contributed by atoms with E-state index in [1.165, 1.54) is 18.2 Å². The van der Waals surface area contributed by atoms with Crippen LogP contribution in [0.2, 0.25) is 0 Å².